The number of hydrogen-bond acceptors (Lipinski definition) is 8. The first-order chi connectivity index (χ1) is 20.4. The highest BCUT2D eigenvalue weighted by Gasteiger charge is 2.36. The molecule has 0 amide bonds. The van der Waals surface area contributed by atoms with Crippen molar-refractivity contribution in [3.63, 3.8) is 0 Å². The lowest BCUT2D eigenvalue weighted by atomic mass is 9.86. The summed E-state index contributed by atoms with van der Waals surface area (Å²) in [4.78, 5) is 21.1. The minimum atomic E-state index is -0.833. The van der Waals surface area contributed by atoms with Crippen LogP contribution in [0.2, 0.25) is 0 Å². The minimum absolute atomic E-state index is 0.358. The van der Waals surface area contributed by atoms with E-state index in [-0.39, 0.29) is 11.2 Å². The first kappa shape index (κ1) is 35.8. The number of carbonyl (C=O) groups is 2. The van der Waals surface area contributed by atoms with Crippen LogP contribution in [0.4, 0.5) is 0 Å². The summed E-state index contributed by atoms with van der Waals surface area (Å²) in [7, 11) is 0. The smallest absolute Gasteiger partial charge is 0.326 e. The van der Waals surface area contributed by atoms with Crippen LogP contribution >= 0.6 is 23.5 Å². The van der Waals surface area contributed by atoms with E-state index in [1.807, 2.05) is 41.5 Å². The van der Waals surface area contributed by atoms with Crippen LogP contribution in [0.1, 0.15) is 91.0 Å². The first-order valence-corrected chi connectivity index (χ1v) is 17.2. The molecule has 10 heteroatoms. The highest BCUT2D eigenvalue weighted by Crippen LogP contribution is 2.46. The standard InChI is InChI=1S/C32H44O6S2.C2H4O2/c1-17-19(3)27-23(21(5)25(17)33)9-11-31(7,37-27)13-15-39-30(29(35)36)40-16-14-32(8)12-10-24-22(6)26(34)18(2)20(4)28(24)38-32;1-2(3)4/h30,33-34H,9-16H2,1-8H3,(H,35,36);1H3,(H,3,4). The maximum atomic E-state index is 12.1. The topological polar surface area (TPSA) is 134 Å². The number of carboxylic acids is 2. The molecule has 8 nitrogen and oxygen atoms in total. The van der Waals surface area contributed by atoms with Gasteiger partial charge in [-0.3, -0.25) is 9.59 Å². The molecule has 0 aromatic heterocycles. The lowest BCUT2D eigenvalue weighted by Crippen LogP contribution is -2.38. The summed E-state index contributed by atoms with van der Waals surface area (Å²) < 4.78 is 12.5. The number of benzene rings is 2. The Labute approximate surface area is 269 Å². The van der Waals surface area contributed by atoms with Crippen LogP contribution in [-0.4, -0.2) is 59.7 Å². The highest BCUT2D eigenvalue weighted by atomic mass is 32.2. The van der Waals surface area contributed by atoms with Crippen molar-refractivity contribution in [2.75, 3.05) is 11.5 Å². The van der Waals surface area contributed by atoms with Crippen molar-refractivity contribution in [2.24, 2.45) is 0 Å². The van der Waals surface area contributed by atoms with Gasteiger partial charge in [0.25, 0.3) is 5.97 Å². The van der Waals surface area contributed by atoms with Crippen molar-refractivity contribution >= 4 is 35.5 Å². The lowest BCUT2D eigenvalue weighted by molar-refractivity contribution is -0.135. The maximum absolute atomic E-state index is 12.1. The molecule has 0 radical (unpaired) electrons. The van der Waals surface area contributed by atoms with Crippen LogP contribution in [0.5, 0.6) is 23.0 Å². The number of carboxylic acid groups (broad SMARTS) is 2. The summed E-state index contributed by atoms with van der Waals surface area (Å²) in [5.74, 6) is 2.22. The average molecular weight is 649 g/mol. The molecule has 0 aliphatic carbocycles. The van der Waals surface area contributed by atoms with Gasteiger partial charge < -0.3 is 29.9 Å². The van der Waals surface area contributed by atoms with Gasteiger partial charge in [0.05, 0.1) is 0 Å². The Kier molecular flexibility index (Phi) is 11.5. The normalized spacial score (nSPS) is 21.1. The number of ether oxygens (including phenoxy) is 2. The summed E-state index contributed by atoms with van der Waals surface area (Å²) in [6.07, 6.45) is 4.86. The van der Waals surface area contributed by atoms with Gasteiger partial charge >= 0.3 is 5.97 Å². The number of thioether (sulfide) groups is 2. The molecule has 2 atom stereocenters. The molecular formula is C34H48O8S2. The fourth-order valence-electron chi connectivity index (χ4n) is 5.90. The third-order valence-electron chi connectivity index (χ3n) is 9.19. The van der Waals surface area contributed by atoms with E-state index in [1.165, 1.54) is 23.5 Å². The highest BCUT2D eigenvalue weighted by molar-refractivity contribution is 8.18. The second-order valence-electron chi connectivity index (χ2n) is 12.6. The van der Waals surface area contributed by atoms with Crippen molar-refractivity contribution in [3.05, 3.63) is 44.5 Å². The summed E-state index contributed by atoms with van der Waals surface area (Å²) in [5, 5.41) is 38.3. The molecule has 2 aromatic rings. The molecule has 244 valence electrons. The fraction of sp³-hybridized carbons (Fsp3) is 0.588. The summed E-state index contributed by atoms with van der Waals surface area (Å²) in [6, 6.07) is 0. The maximum Gasteiger partial charge on any atom is 0.326 e. The lowest BCUT2D eigenvalue weighted by Gasteiger charge is -2.38. The molecule has 2 unspecified atom stereocenters. The van der Waals surface area contributed by atoms with E-state index < -0.39 is 16.5 Å². The Bertz CT molecular complexity index is 1320. The van der Waals surface area contributed by atoms with E-state index in [0.29, 0.717) is 23.0 Å². The van der Waals surface area contributed by atoms with Gasteiger partial charge in [0.2, 0.25) is 0 Å². The number of hydrogen-bond donors (Lipinski definition) is 4. The number of rotatable bonds is 9. The molecule has 44 heavy (non-hydrogen) atoms. The number of aliphatic carboxylic acids is 2. The van der Waals surface area contributed by atoms with Gasteiger partial charge in [0.15, 0.2) is 0 Å². The molecule has 2 heterocycles. The van der Waals surface area contributed by atoms with E-state index >= 15 is 0 Å². The zero-order chi connectivity index (χ0) is 33.1. The largest absolute Gasteiger partial charge is 0.507 e. The average Bonchev–Trinajstić information content (AvgIpc) is 2.95. The Hall–Kier alpha value is -2.72. The van der Waals surface area contributed by atoms with E-state index in [4.69, 9.17) is 19.4 Å². The van der Waals surface area contributed by atoms with Crippen LogP contribution in [0.25, 0.3) is 0 Å². The van der Waals surface area contributed by atoms with Crippen LogP contribution in [0, 0.1) is 41.5 Å². The quantitative estimate of drug-likeness (QED) is 0.202. The number of phenols is 2. The second kappa shape index (κ2) is 14.1. The molecule has 0 saturated carbocycles. The Morgan fingerprint density at radius 2 is 1.05 bits per heavy atom. The van der Waals surface area contributed by atoms with Gasteiger partial charge in [-0.1, -0.05) is 0 Å². The summed E-state index contributed by atoms with van der Waals surface area (Å²) in [6.45, 7) is 17.0. The Balaban J connectivity index is 0.00000124. The van der Waals surface area contributed by atoms with Crippen molar-refractivity contribution in [1.29, 1.82) is 0 Å². The van der Waals surface area contributed by atoms with Crippen LogP contribution in [-0.2, 0) is 22.4 Å². The summed E-state index contributed by atoms with van der Waals surface area (Å²) in [5.41, 5.74) is 6.91. The molecule has 2 aliphatic rings. The predicted molar refractivity (Wildman–Crippen MR) is 178 cm³/mol. The predicted octanol–water partition coefficient (Wildman–Crippen LogP) is 7.56. The third kappa shape index (κ3) is 7.91. The third-order valence-corrected chi connectivity index (χ3v) is 11.9. The monoisotopic (exact) mass is 648 g/mol. The molecular weight excluding hydrogens is 601 g/mol. The fourth-order valence-corrected chi connectivity index (χ4v) is 8.67. The Morgan fingerprint density at radius 1 is 0.705 bits per heavy atom. The van der Waals surface area contributed by atoms with Crippen LogP contribution in [0.3, 0.4) is 0 Å². The molecule has 0 fully saturated rings. The van der Waals surface area contributed by atoms with Crippen LogP contribution < -0.4 is 9.47 Å². The van der Waals surface area contributed by atoms with Gasteiger partial charge in [-0.2, -0.15) is 0 Å². The zero-order valence-corrected chi connectivity index (χ0v) is 29.1. The number of fused-ring (bicyclic) bond motifs is 2. The van der Waals surface area contributed by atoms with E-state index in [0.717, 1.165) is 101 Å². The zero-order valence-electron chi connectivity index (χ0n) is 27.5. The number of aromatic hydroxyl groups is 2. The molecule has 2 aromatic carbocycles. The van der Waals surface area contributed by atoms with Gasteiger partial charge in [0, 0.05) is 18.1 Å². The minimum Gasteiger partial charge on any atom is -0.507 e. The van der Waals surface area contributed by atoms with Gasteiger partial charge in [-0.25, -0.2) is 0 Å². The second-order valence-corrected chi connectivity index (χ2v) is 15.3. The molecule has 2 aliphatic heterocycles. The van der Waals surface area contributed by atoms with Gasteiger partial charge in [-0.05, 0) is 139 Å². The van der Waals surface area contributed by atoms with Gasteiger partial charge in [-0.15, -0.1) is 23.5 Å². The van der Waals surface area contributed by atoms with Crippen LogP contribution in [0.15, 0.2) is 0 Å². The van der Waals surface area contributed by atoms with Crippen molar-refractivity contribution in [3.8, 4) is 23.0 Å². The SMILES string of the molecule is CC(=O)O.Cc1c(C)c2c(c(C)c1O)CCC(C)(CCSC(SCCC1(C)CCc3c(C)c(O)c(C)c(C)c3O1)C(=O)O)O2. The van der Waals surface area contributed by atoms with E-state index in [9.17, 15) is 20.1 Å². The number of phenolic OH excluding ortho intramolecular Hbond substituents is 2. The van der Waals surface area contributed by atoms with Crippen molar-refractivity contribution in [2.45, 2.75) is 117 Å². The molecule has 4 N–H and O–H groups in total. The van der Waals surface area contributed by atoms with E-state index in [2.05, 4.69) is 13.8 Å². The Morgan fingerprint density at radius 3 is 1.36 bits per heavy atom. The molecule has 0 spiro atoms. The van der Waals surface area contributed by atoms with Crippen molar-refractivity contribution in [1.82, 2.24) is 0 Å². The molecule has 0 bridgehead atoms. The molecule has 0 saturated heterocycles. The molecule has 4 rings (SSSR count). The first-order valence-electron chi connectivity index (χ1n) is 15.1. The van der Waals surface area contributed by atoms with E-state index in [1.54, 1.807) is 0 Å². The van der Waals surface area contributed by atoms with Gasteiger partial charge in [0.1, 0.15) is 38.8 Å². The summed E-state index contributed by atoms with van der Waals surface area (Å²) >= 11 is 2.95. The van der Waals surface area contributed by atoms with Crippen molar-refractivity contribution < 1.29 is 39.5 Å².